The third-order valence-electron chi connectivity index (χ3n) is 12.1. The number of unbranched alkanes of at least 4 members (excludes halogenated alkanes) is 37. The number of hydrogen-bond acceptors (Lipinski definition) is 4. The van der Waals surface area contributed by atoms with Crippen molar-refractivity contribution < 1.29 is 20.1 Å². The van der Waals surface area contributed by atoms with Crippen LogP contribution in [0.1, 0.15) is 284 Å². The molecule has 0 aliphatic rings. The molecule has 5 nitrogen and oxygen atoms in total. The number of carbonyl (C=O) groups is 1. The van der Waals surface area contributed by atoms with E-state index < -0.39 is 24.2 Å². The molecule has 0 rings (SSSR count). The van der Waals surface area contributed by atoms with Gasteiger partial charge in [-0.25, -0.2) is 0 Å². The Labute approximate surface area is 350 Å². The van der Waals surface area contributed by atoms with E-state index in [0.29, 0.717) is 12.8 Å². The summed E-state index contributed by atoms with van der Waals surface area (Å²) in [6, 6.07) is -0.708. The van der Waals surface area contributed by atoms with Crippen LogP contribution in [0.4, 0.5) is 0 Å². The van der Waals surface area contributed by atoms with Crippen LogP contribution in [0.25, 0.3) is 0 Å². The summed E-state index contributed by atoms with van der Waals surface area (Å²) in [6.45, 7) is 4.25. The average molecular weight is 792 g/mol. The molecule has 0 spiro atoms. The SMILES string of the molecule is CCCCCCCCCCCCCC/C=C\CCCCCCCCCCCCCCC(O)C(=O)NC(CO)C(O)CCCCCCCCCCCCCCCC. The molecule has 0 bridgehead atoms. The fourth-order valence-electron chi connectivity index (χ4n) is 8.13. The fraction of sp³-hybridized carbons (Fsp3) is 0.941. The van der Waals surface area contributed by atoms with E-state index in [1.54, 1.807) is 0 Å². The van der Waals surface area contributed by atoms with Crippen molar-refractivity contribution in [2.24, 2.45) is 0 Å². The van der Waals surface area contributed by atoms with Crippen LogP contribution in [0.3, 0.4) is 0 Å². The van der Waals surface area contributed by atoms with Crippen LogP contribution in [0.15, 0.2) is 12.2 Å². The number of allylic oxidation sites excluding steroid dienone is 2. The van der Waals surface area contributed by atoms with Crippen LogP contribution in [0.5, 0.6) is 0 Å². The van der Waals surface area contributed by atoms with Gasteiger partial charge in [0, 0.05) is 0 Å². The van der Waals surface area contributed by atoms with Crippen LogP contribution >= 0.6 is 0 Å². The second-order valence-corrected chi connectivity index (χ2v) is 17.7. The molecule has 334 valence electrons. The molecule has 3 unspecified atom stereocenters. The largest absolute Gasteiger partial charge is 0.394 e. The van der Waals surface area contributed by atoms with Crippen molar-refractivity contribution in [3.63, 3.8) is 0 Å². The predicted octanol–water partition coefficient (Wildman–Crippen LogP) is 15.2. The summed E-state index contributed by atoms with van der Waals surface area (Å²) >= 11 is 0. The zero-order chi connectivity index (χ0) is 40.8. The molecule has 0 radical (unpaired) electrons. The van der Waals surface area contributed by atoms with E-state index in [0.717, 1.165) is 32.1 Å². The van der Waals surface area contributed by atoms with Crippen LogP contribution in [0, 0.1) is 0 Å². The molecule has 0 aliphatic heterocycles. The van der Waals surface area contributed by atoms with Crippen molar-refractivity contribution in [1.82, 2.24) is 5.32 Å². The van der Waals surface area contributed by atoms with Gasteiger partial charge in [0.2, 0.25) is 5.91 Å². The van der Waals surface area contributed by atoms with Gasteiger partial charge in [0.05, 0.1) is 18.8 Å². The summed E-state index contributed by atoms with van der Waals surface area (Å²) in [5.74, 6) is -0.467. The van der Waals surface area contributed by atoms with Crippen LogP contribution in [-0.4, -0.2) is 46.1 Å². The summed E-state index contributed by atoms with van der Waals surface area (Å²) in [7, 11) is 0. The number of hydrogen-bond donors (Lipinski definition) is 4. The van der Waals surface area contributed by atoms with Crippen molar-refractivity contribution in [1.29, 1.82) is 0 Å². The quantitative estimate of drug-likeness (QED) is 0.0365. The Morgan fingerprint density at radius 3 is 0.982 bits per heavy atom. The van der Waals surface area contributed by atoms with Crippen molar-refractivity contribution in [3.8, 4) is 0 Å². The van der Waals surface area contributed by atoms with E-state index in [2.05, 4.69) is 31.3 Å². The van der Waals surface area contributed by atoms with E-state index in [-0.39, 0.29) is 6.61 Å². The maximum atomic E-state index is 12.5. The third kappa shape index (κ3) is 41.3. The van der Waals surface area contributed by atoms with Gasteiger partial charge in [-0.1, -0.05) is 257 Å². The normalized spacial score (nSPS) is 13.4. The first kappa shape index (κ1) is 55.1. The highest BCUT2D eigenvalue weighted by molar-refractivity contribution is 5.80. The summed E-state index contributed by atoms with van der Waals surface area (Å²) in [5, 5.41) is 33.4. The predicted molar refractivity (Wildman–Crippen MR) is 245 cm³/mol. The Hall–Kier alpha value is -0.910. The summed E-state index contributed by atoms with van der Waals surface area (Å²) in [4.78, 5) is 12.5. The molecule has 4 N–H and O–H groups in total. The number of aliphatic hydroxyl groups excluding tert-OH is 3. The molecule has 0 aliphatic carbocycles. The van der Waals surface area contributed by atoms with E-state index >= 15 is 0 Å². The summed E-state index contributed by atoms with van der Waals surface area (Å²) < 4.78 is 0. The molecule has 56 heavy (non-hydrogen) atoms. The van der Waals surface area contributed by atoms with Crippen molar-refractivity contribution in [3.05, 3.63) is 12.2 Å². The standard InChI is InChI=1S/C51H101NO4/c1-3-5-7-9-11-13-15-17-19-20-21-22-23-24-25-26-27-28-29-30-31-32-34-36-38-40-42-44-46-50(55)51(56)52-48(47-53)49(54)45-43-41-39-37-35-33-18-16-14-12-10-8-6-4-2/h24-25,48-50,53-55H,3-23,26-47H2,1-2H3,(H,52,56)/b25-24-. The third-order valence-corrected chi connectivity index (χ3v) is 12.1. The minimum absolute atomic E-state index is 0.310. The van der Waals surface area contributed by atoms with E-state index in [4.69, 9.17) is 0 Å². The zero-order valence-electron chi connectivity index (χ0n) is 38.0. The number of carbonyl (C=O) groups excluding carboxylic acids is 1. The van der Waals surface area contributed by atoms with Crippen molar-refractivity contribution >= 4 is 5.91 Å². The van der Waals surface area contributed by atoms with E-state index in [1.165, 1.54) is 225 Å². The molecule has 0 fully saturated rings. The minimum Gasteiger partial charge on any atom is -0.394 e. The Balaban J connectivity index is 3.51. The second kappa shape index (κ2) is 46.8. The van der Waals surface area contributed by atoms with E-state index in [9.17, 15) is 20.1 Å². The lowest BCUT2D eigenvalue weighted by Crippen LogP contribution is -2.49. The molecule has 0 aromatic heterocycles. The molecule has 1 amide bonds. The first-order valence-electron chi connectivity index (χ1n) is 25.5. The Bertz CT molecular complexity index is 788. The van der Waals surface area contributed by atoms with Gasteiger partial charge >= 0.3 is 0 Å². The number of amides is 1. The van der Waals surface area contributed by atoms with Gasteiger partial charge in [0.25, 0.3) is 0 Å². The van der Waals surface area contributed by atoms with Gasteiger partial charge in [-0.15, -0.1) is 0 Å². The van der Waals surface area contributed by atoms with Gasteiger partial charge in [-0.2, -0.15) is 0 Å². The van der Waals surface area contributed by atoms with Crippen molar-refractivity contribution in [2.45, 2.75) is 302 Å². The number of aliphatic hydroxyl groups is 3. The number of rotatable bonds is 47. The Morgan fingerprint density at radius 2 is 0.679 bits per heavy atom. The van der Waals surface area contributed by atoms with Gasteiger partial charge in [0.15, 0.2) is 0 Å². The van der Waals surface area contributed by atoms with Gasteiger partial charge in [-0.3, -0.25) is 4.79 Å². The molecule has 0 saturated carbocycles. The lowest BCUT2D eigenvalue weighted by atomic mass is 10.0. The topological polar surface area (TPSA) is 89.8 Å². The first-order valence-corrected chi connectivity index (χ1v) is 25.5. The molecule has 0 aromatic carbocycles. The Kier molecular flexibility index (Phi) is 46.0. The smallest absolute Gasteiger partial charge is 0.249 e. The molecule has 0 aromatic rings. The Morgan fingerprint density at radius 1 is 0.411 bits per heavy atom. The highest BCUT2D eigenvalue weighted by Gasteiger charge is 2.23. The second-order valence-electron chi connectivity index (χ2n) is 17.7. The van der Waals surface area contributed by atoms with Crippen LogP contribution in [-0.2, 0) is 4.79 Å². The lowest BCUT2D eigenvalue weighted by molar-refractivity contribution is -0.131. The number of nitrogens with one attached hydrogen (secondary N) is 1. The maximum absolute atomic E-state index is 12.5. The molecular formula is C51H101NO4. The van der Waals surface area contributed by atoms with Crippen LogP contribution in [0.2, 0.25) is 0 Å². The van der Waals surface area contributed by atoms with Gasteiger partial charge in [-0.05, 0) is 38.5 Å². The summed E-state index contributed by atoms with van der Waals surface area (Å²) in [5.41, 5.74) is 0. The maximum Gasteiger partial charge on any atom is 0.249 e. The van der Waals surface area contributed by atoms with Crippen molar-refractivity contribution in [2.75, 3.05) is 6.61 Å². The molecule has 3 atom stereocenters. The highest BCUT2D eigenvalue weighted by Crippen LogP contribution is 2.17. The van der Waals surface area contributed by atoms with Crippen LogP contribution < -0.4 is 5.32 Å². The molecule has 5 heteroatoms. The molecular weight excluding hydrogens is 691 g/mol. The monoisotopic (exact) mass is 792 g/mol. The van der Waals surface area contributed by atoms with E-state index in [1.807, 2.05) is 0 Å². The van der Waals surface area contributed by atoms with Gasteiger partial charge < -0.3 is 20.6 Å². The molecule has 0 heterocycles. The minimum atomic E-state index is -1.07. The average Bonchev–Trinajstić information content (AvgIpc) is 3.20. The van der Waals surface area contributed by atoms with Gasteiger partial charge in [0.1, 0.15) is 6.10 Å². The molecule has 0 saturated heterocycles. The highest BCUT2D eigenvalue weighted by atomic mass is 16.3. The zero-order valence-corrected chi connectivity index (χ0v) is 38.0. The summed E-state index contributed by atoms with van der Waals surface area (Å²) in [6.07, 6.45) is 56.7. The lowest BCUT2D eigenvalue weighted by Gasteiger charge is -2.23. The first-order chi connectivity index (χ1) is 27.6. The fourth-order valence-corrected chi connectivity index (χ4v) is 8.13.